The summed E-state index contributed by atoms with van der Waals surface area (Å²) in [4.78, 5) is 14.0. The Morgan fingerprint density at radius 3 is 2.50 bits per heavy atom. The Hall–Kier alpha value is -2.31. The molecule has 0 N–H and O–H groups in total. The quantitative estimate of drug-likeness (QED) is 0.853. The molecule has 22 heavy (non-hydrogen) atoms. The van der Waals surface area contributed by atoms with Gasteiger partial charge in [-0.25, -0.2) is 8.78 Å². The number of rotatable bonds is 2. The second-order valence-corrected chi connectivity index (χ2v) is 5.79. The molecule has 0 spiro atoms. The van der Waals surface area contributed by atoms with Gasteiger partial charge < -0.3 is 9.47 Å². The first kappa shape index (κ1) is 13.4. The number of hydrogen-bond donors (Lipinski definition) is 0. The summed E-state index contributed by atoms with van der Waals surface area (Å²) in [5.41, 5.74) is 0.0212. The summed E-state index contributed by atoms with van der Waals surface area (Å²) >= 11 is 0. The van der Waals surface area contributed by atoms with E-state index in [1.807, 2.05) is 0 Å². The molecule has 1 amide bonds. The molecule has 1 aromatic heterocycles. The molecule has 1 aliphatic carbocycles. The Labute approximate surface area is 125 Å². The third-order valence-electron chi connectivity index (χ3n) is 4.12. The van der Waals surface area contributed by atoms with Crippen LogP contribution in [-0.2, 0) is 13.1 Å². The van der Waals surface area contributed by atoms with E-state index in [9.17, 15) is 13.6 Å². The Kier molecular flexibility index (Phi) is 2.95. The van der Waals surface area contributed by atoms with Gasteiger partial charge in [0.2, 0.25) is 0 Å². The third-order valence-corrected chi connectivity index (χ3v) is 4.12. The first-order valence-electron chi connectivity index (χ1n) is 7.29. The van der Waals surface area contributed by atoms with Crippen molar-refractivity contribution in [2.75, 3.05) is 6.54 Å². The number of carbonyl (C=O) groups is 1. The van der Waals surface area contributed by atoms with Crippen LogP contribution >= 0.6 is 0 Å². The Morgan fingerprint density at radius 2 is 1.82 bits per heavy atom. The summed E-state index contributed by atoms with van der Waals surface area (Å²) in [6.45, 7) is 1.43. The lowest BCUT2D eigenvalue weighted by Gasteiger charge is -2.28. The second-order valence-electron chi connectivity index (χ2n) is 5.79. The largest absolute Gasteiger partial charge is 0.329 e. The molecule has 2 heterocycles. The maximum atomic E-state index is 13.3. The lowest BCUT2D eigenvalue weighted by Crippen LogP contribution is -2.38. The van der Waals surface area contributed by atoms with Crippen molar-refractivity contribution in [2.45, 2.75) is 31.8 Å². The van der Waals surface area contributed by atoms with E-state index in [2.05, 4.69) is 14.8 Å². The van der Waals surface area contributed by atoms with Crippen molar-refractivity contribution in [3.8, 4) is 0 Å². The van der Waals surface area contributed by atoms with Gasteiger partial charge in [-0.15, -0.1) is 10.2 Å². The Balaban J connectivity index is 1.57. The average Bonchev–Trinajstić information content (AvgIpc) is 3.24. The SMILES string of the molecule is O=C(c1cc(F)cc(F)c1)N1CCn2c(nnc2C2CC2)C1. The van der Waals surface area contributed by atoms with E-state index in [1.54, 1.807) is 4.90 Å². The molecule has 4 rings (SSSR count). The number of benzene rings is 1. The fraction of sp³-hybridized carbons (Fsp3) is 0.400. The van der Waals surface area contributed by atoms with E-state index in [-0.39, 0.29) is 11.5 Å². The van der Waals surface area contributed by atoms with Gasteiger partial charge in [0.05, 0.1) is 6.54 Å². The van der Waals surface area contributed by atoms with Gasteiger partial charge in [-0.3, -0.25) is 4.79 Å². The van der Waals surface area contributed by atoms with Crippen LogP contribution in [0.4, 0.5) is 8.78 Å². The fourth-order valence-corrected chi connectivity index (χ4v) is 2.86. The third kappa shape index (κ3) is 2.26. The highest BCUT2D eigenvalue weighted by molar-refractivity contribution is 5.94. The standard InChI is InChI=1S/C15H14F2N4O/c16-11-5-10(6-12(17)7-11)15(22)20-3-4-21-13(8-20)18-19-14(21)9-1-2-9/h5-7,9H,1-4,8H2. The van der Waals surface area contributed by atoms with Crippen LogP contribution < -0.4 is 0 Å². The van der Waals surface area contributed by atoms with Crippen LogP contribution in [0, 0.1) is 11.6 Å². The lowest BCUT2D eigenvalue weighted by atomic mass is 10.1. The van der Waals surface area contributed by atoms with E-state index in [0.717, 1.165) is 42.7 Å². The summed E-state index contributed by atoms with van der Waals surface area (Å²) in [5.74, 6) is 0.345. The Bertz CT molecular complexity index is 734. The van der Waals surface area contributed by atoms with Crippen LogP contribution in [0.25, 0.3) is 0 Å². The lowest BCUT2D eigenvalue weighted by molar-refractivity contribution is 0.0705. The van der Waals surface area contributed by atoms with Crippen LogP contribution in [0.2, 0.25) is 0 Å². The van der Waals surface area contributed by atoms with Crippen LogP contribution in [0.1, 0.15) is 40.8 Å². The van der Waals surface area contributed by atoms with E-state index in [0.29, 0.717) is 25.6 Å². The number of hydrogen-bond acceptors (Lipinski definition) is 3. The van der Waals surface area contributed by atoms with Crippen molar-refractivity contribution >= 4 is 5.91 Å². The molecule has 0 bridgehead atoms. The van der Waals surface area contributed by atoms with Crippen LogP contribution in [0.15, 0.2) is 18.2 Å². The fourth-order valence-electron chi connectivity index (χ4n) is 2.86. The van der Waals surface area contributed by atoms with Crippen molar-refractivity contribution < 1.29 is 13.6 Å². The molecule has 0 atom stereocenters. The molecule has 0 saturated heterocycles. The van der Waals surface area contributed by atoms with Gasteiger partial charge in [-0.05, 0) is 25.0 Å². The maximum Gasteiger partial charge on any atom is 0.254 e. The average molecular weight is 304 g/mol. The molecule has 1 saturated carbocycles. The number of amides is 1. The molecule has 1 fully saturated rings. The highest BCUT2D eigenvalue weighted by atomic mass is 19.1. The molecule has 1 aliphatic heterocycles. The van der Waals surface area contributed by atoms with Gasteiger partial charge in [-0.1, -0.05) is 0 Å². The normalized spacial score (nSPS) is 17.5. The van der Waals surface area contributed by atoms with Crippen molar-refractivity contribution in [1.29, 1.82) is 0 Å². The summed E-state index contributed by atoms with van der Waals surface area (Å²) < 4.78 is 28.6. The smallest absolute Gasteiger partial charge is 0.254 e. The second kappa shape index (κ2) is 4.86. The monoisotopic (exact) mass is 304 g/mol. The minimum absolute atomic E-state index is 0.0212. The molecule has 2 aromatic rings. The van der Waals surface area contributed by atoms with Gasteiger partial charge in [0.15, 0.2) is 5.82 Å². The summed E-state index contributed by atoms with van der Waals surface area (Å²) in [6.07, 6.45) is 2.28. The van der Waals surface area contributed by atoms with E-state index in [1.165, 1.54) is 0 Å². The molecular weight excluding hydrogens is 290 g/mol. The number of halogens is 2. The van der Waals surface area contributed by atoms with Gasteiger partial charge in [0.25, 0.3) is 5.91 Å². The topological polar surface area (TPSA) is 51.0 Å². The molecular formula is C15H14F2N4O. The predicted molar refractivity (Wildman–Crippen MR) is 73.1 cm³/mol. The summed E-state index contributed by atoms with van der Waals surface area (Å²) in [7, 11) is 0. The molecule has 7 heteroatoms. The van der Waals surface area contributed by atoms with Gasteiger partial charge in [0, 0.05) is 30.6 Å². The number of nitrogens with zero attached hydrogens (tertiary/aromatic N) is 4. The predicted octanol–water partition coefficient (Wildman–Crippen LogP) is 2.09. The minimum Gasteiger partial charge on any atom is -0.329 e. The number of carbonyl (C=O) groups excluding carboxylic acids is 1. The van der Waals surface area contributed by atoms with Crippen molar-refractivity contribution in [3.63, 3.8) is 0 Å². The highest BCUT2D eigenvalue weighted by Gasteiger charge is 2.33. The zero-order valence-corrected chi connectivity index (χ0v) is 11.8. The zero-order chi connectivity index (χ0) is 15.3. The van der Waals surface area contributed by atoms with E-state index < -0.39 is 11.6 Å². The number of aromatic nitrogens is 3. The molecule has 1 aromatic carbocycles. The van der Waals surface area contributed by atoms with Crippen molar-refractivity contribution in [1.82, 2.24) is 19.7 Å². The van der Waals surface area contributed by atoms with Crippen molar-refractivity contribution in [3.05, 3.63) is 47.0 Å². The minimum atomic E-state index is -0.750. The van der Waals surface area contributed by atoms with E-state index in [4.69, 9.17) is 0 Å². The molecule has 0 radical (unpaired) electrons. The van der Waals surface area contributed by atoms with Crippen LogP contribution in [0.5, 0.6) is 0 Å². The molecule has 2 aliphatic rings. The van der Waals surface area contributed by atoms with Crippen molar-refractivity contribution in [2.24, 2.45) is 0 Å². The number of fused-ring (bicyclic) bond motifs is 1. The van der Waals surface area contributed by atoms with Gasteiger partial charge in [0.1, 0.15) is 17.5 Å². The van der Waals surface area contributed by atoms with Gasteiger partial charge >= 0.3 is 0 Å². The molecule has 0 unspecified atom stereocenters. The molecule has 114 valence electrons. The van der Waals surface area contributed by atoms with Gasteiger partial charge in [-0.2, -0.15) is 0 Å². The summed E-state index contributed by atoms with van der Waals surface area (Å²) in [6, 6.07) is 2.87. The van der Waals surface area contributed by atoms with E-state index >= 15 is 0 Å². The van der Waals surface area contributed by atoms with Crippen LogP contribution in [-0.4, -0.2) is 32.1 Å². The highest BCUT2D eigenvalue weighted by Crippen LogP contribution is 2.39. The molecule has 5 nitrogen and oxygen atoms in total. The first-order valence-corrected chi connectivity index (χ1v) is 7.29. The summed E-state index contributed by atoms with van der Waals surface area (Å²) in [5, 5.41) is 8.36. The maximum absolute atomic E-state index is 13.3. The first-order chi connectivity index (χ1) is 10.6. The zero-order valence-electron chi connectivity index (χ0n) is 11.8. The Morgan fingerprint density at radius 1 is 1.09 bits per heavy atom. The van der Waals surface area contributed by atoms with Crippen LogP contribution in [0.3, 0.4) is 0 Å².